The fourth-order valence-corrected chi connectivity index (χ4v) is 6.04. The molecule has 0 heterocycles. The number of hydrogen-bond donors (Lipinski definition) is 0. The average molecular weight is 422 g/mol. The summed E-state index contributed by atoms with van der Waals surface area (Å²) in [6.45, 7) is 4.16. The SMILES string of the molecule is Cc1ccc([S+](c2ccc(C)cc2)c2ccc3c(c2)C(=O)c2ccccc2C3=O)cc1. The van der Waals surface area contributed by atoms with Gasteiger partial charge >= 0.3 is 0 Å². The Bertz CT molecular complexity index is 1270. The molecule has 0 bridgehead atoms. The fourth-order valence-electron chi connectivity index (χ4n) is 3.96. The van der Waals surface area contributed by atoms with E-state index >= 15 is 0 Å². The van der Waals surface area contributed by atoms with Crippen molar-refractivity contribution < 1.29 is 9.59 Å². The molecule has 0 spiro atoms. The van der Waals surface area contributed by atoms with Gasteiger partial charge < -0.3 is 0 Å². The number of fused-ring (bicyclic) bond motifs is 2. The molecule has 0 radical (unpaired) electrons. The summed E-state index contributed by atoms with van der Waals surface area (Å²) in [5.41, 5.74) is 4.38. The molecule has 1 aliphatic rings. The molecule has 0 atom stereocenters. The summed E-state index contributed by atoms with van der Waals surface area (Å²) >= 11 is 0. The molecule has 31 heavy (non-hydrogen) atoms. The van der Waals surface area contributed by atoms with E-state index in [9.17, 15) is 9.59 Å². The predicted octanol–water partition coefficient (Wildman–Crippen LogP) is 6.17. The van der Waals surface area contributed by atoms with Crippen LogP contribution in [0, 0.1) is 13.8 Å². The molecule has 3 heteroatoms. The van der Waals surface area contributed by atoms with Crippen molar-refractivity contribution in [3.05, 3.63) is 124 Å². The van der Waals surface area contributed by atoms with Gasteiger partial charge in [-0.2, -0.15) is 0 Å². The number of hydrogen-bond acceptors (Lipinski definition) is 2. The first kappa shape index (κ1) is 19.5. The first-order valence-corrected chi connectivity index (χ1v) is 11.5. The van der Waals surface area contributed by atoms with Crippen molar-refractivity contribution in [2.24, 2.45) is 0 Å². The van der Waals surface area contributed by atoms with Crippen LogP contribution in [-0.2, 0) is 10.9 Å². The lowest BCUT2D eigenvalue weighted by Gasteiger charge is -2.18. The summed E-state index contributed by atoms with van der Waals surface area (Å²) in [7, 11) is -0.377. The zero-order valence-electron chi connectivity index (χ0n) is 17.4. The molecule has 1 aliphatic carbocycles. The van der Waals surface area contributed by atoms with Gasteiger partial charge in [0.1, 0.15) is 0 Å². The second-order valence-corrected chi connectivity index (χ2v) is 9.87. The Morgan fingerprint density at radius 1 is 0.484 bits per heavy atom. The number of aryl methyl sites for hydroxylation is 2. The van der Waals surface area contributed by atoms with Crippen molar-refractivity contribution in [3.8, 4) is 0 Å². The van der Waals surface area contributed by atoms with Gasteiger partial charge in [0.05, 0.1) is 10.9 Å². The van der Waals surface area contributed by atoms with Gasteiger partial charge in [-0.05, 0) is 50.2 Å². The molecular weight excluding hydrogens is 400 g/mol. The monoisotopic (exact) mass is 421 g/mol. The van der Waals surface area contributed by atoms with Crippen molar-refractivity contribution in [2.45, 2.75) is 28.5 Å². The summed E-state index contributed by atoms with van der Waals surface area (Å²) in [5, 5.41) is 0. The molecule has 0 aromatic heterocycles. The lowest BCUT2D eigenvalue weighted by molar-refractivity contribution is 0.0979. The highest BCUT2D eigenvalue weighted by atomic mass is 32.2. The van der Waals surface area contributed by atoms with Crippen molar-refractivity contribution in [1.82, 2.24) is 0 Å². The molecule has 2 nitrogen and oxygen atoms in total. The first-order chi connectivity index (χ1) is 15.0. The predicted molar refractivity (Wildman–Crippen MR) is 124 cm³/mol. The Labute approximate surface area is 184 Å². The zero-order chi connectivity index (χ0) is 21.5. The van der Waals surface area contributed by atoms with E-state index in [0.717, 1.165) is 4.90 Å². The first-order valence-electron chi connectivity index (χ1n) is 10.2. The maximum Gasteiger partial charge on any atom is 0.194 e. The molecule has 4 aromatic carbocycles. The van der Waals surface area contributed by atoms with Gasteiger partial charge in [0.25, 0.3) is 0 Å². The highest BCUT2D eigenvalue weighted by Crippen LogP contribution is 2.35. The van der Waals surface area contributed by atoms with Crippen molar-refractivity contribution in [3.63, 3.8) is 0 Å². The Hall–Kier alpha value is -3.43. The quantitative estimate of drug-likeness (QED) is 0.326. The fraction of sp³-hybridized carbons (Fsp3) is 0.0714. The molecular formula is C28H21O2S+. The van der Waals surface area contributed by atoms with Gasteiger partial charge in [0.2, 0.25) is 0 Å². The minimum atomic E-state index is -0.377. The Kier molecular flexibility index (Phi) is 4.84. The molecule has 0 fully saturated rings. The van der Waals surface area contributed by atoms with Crippen LogP contribution in [0.25, 0.3) is 0 Å². The van der Waals surface area contributed by atoms with Gasteiger partial charge in [0.15, 0.2) is 26.3 Å². The van der Waals surface area contributed by atoms with Crippen molar-refractivity contribution in [1.29, 1.82) is 0 Å². The second kappa shape index (κ2) is 7.68. The van der Waals surface area contributed by atoms with Crippen LogP contribution in [0.4, 0.5) is 0 Å². The number of ketones is 2. The smallest absolute Gasteiger partial charge is 0.194 e. The molecule has 0 saturated carbocycles. The molecule has 150 valence electrons. The van der Waals surface area contributed by atoms with E-state index in [4.69, 9.17) is 0 Å². The van der Waals surface area contributed by atoms with E-state index in [1.807, 2.05) is 24.3 Å². The molecule has 0 N–H and O–H groups in total. The van der Waals surface area contributed by atoms with Crippen LogP contribution in [0.3, 0.4) is 0 Å². The number of carbonyl (C=O) groups is 2. The lowest BCUT2D eigenvalue weighted by Crippen LogP contribution is -2.21. The van der Waals surface area contributed by atoms with Crippen LogP contribution in [0.1, 0.15) is 43.0 Å². The van der Waals surface area contributed by atoms with Gasteiger partial charge in [-0.1, -0.05) is 59.7 Å². The van der Waals surface area contributed by atoms with Crippen LogP contribution >= 0.6 is 0 Å². The molecule has 0 amide bonds. The minimum Gasteiger partial charge on any atom is -0.289 e. The van der Waals surface area contributed by atoms with Crippen LogP contribution in [-0.4, -0.2) is 11.6 Å². The maximum absolute atomic E-state index is 13.2. The largest absolute Gasteiger partial charge is 0.289 e. The van der Waals surface area contributed by atoms with E-state index in [1.165, 1.54) is 20.9 Å². The van der Waals surface area contributed by atoms with Crippen LogP contribution in [0.15, 0.2) is 106 Å². The Balaban J connectivity index is 1.67. The van der Waals surface area contributed by atoms with E-state index in [-0.39, 0.29) is 22.5 Å². The van der Waals surface area contributed by atoms with Crippen LogP contribution in [0.5, 0.6) is 0 Å². The van der Waals surface area contributed by atoms with Crippen LogP contribution < -0.4 is 0 Å². The normalized spacial score (nSPS) is 12.6. The second-order valence-electron chi connectivity index (χ2n) is 7.84. The Morgan fingerprint density at radius 2 is 0.903 bits per heavy atom. The van der Waals surface area contributed by atoms with E-state index in [2.05, 4.69) is 62.4 Å². The van der Waals surface area contributed by atoms with Gasteiger partial charge in [-0.15, -0.1) is 0 Å². The van der Waals surface area contributed by atoms with E-state index in [1.54, 1.807) is 18.2 Å². The van der Waals surface area contributed by atoms with E-state index in [0.29, 0.717) is 22.3 Å². The third-order valence-corrected chi connectivity index (χ3v) is 7.86. The summed E-state index contributed by atoms with van der Waals surface area (Å²) in [5.74, 6) is -0.161. The summed E-state index contributed by atoms with van der Waals surface area (Å²) in [6.07, 6.45) is 0. The minimum absolute atomic E-state index is 0.0802. The summed E-state index contributed by atoms with van der Waals surface area (Å²) < 4.78 is 0. The zero-order valence-corrected chi connectivity index (χ0v) is 18.2. The third kappa shape index (κ3) is 3.41. The molecule has 5 rings (SSSR count). The van der Waals surface area contributed by atoms with Crippen LogP contribution in [0.2, 0.25) is 0 Å². The van der Waals surface area contributed by atoms with Gasteiger partial charge in [-0.3, -0.25) is 9.59 Å². The molecule has 0 unspecified atom stereocenters. The summed E-state index contributed by atoms with van der Waals surface area (Å²) in [6, 6.07) is 29.9. The molecule has 0 saturated heterocycles. The molecule has 4 aromatic rings. The van der Waals surface area contributed by atoms with Gasteiger partial charge in [0, 0.05) is 28.3 Å². The lowest BCUT2D eigenvalue weighted by atomic mass is 9.84. The number of rotatable bonds is 3. The Morgan fingerprint density at radius 3 is 1.42 bits per heavy atom. The standard InChI is InChI=1S/C28H21O2S/c1-18-7-11-20(12-8-18)31(21-13-9-19(2)10-14-21)22-15-16-25-26(17-22)28(30)24-6-4-3-5-23(24)27(25)29/h3-17H,1-2H3/q+1. The molecule has 0 aliphatic heterocycles. The number of carbonyl (C=O) groups excluding carboxylic acids is 2. The highest BCUT2D eigenvalue weighted by molar-refractivity contribution is 7.97. The van der Waals surface area contributed by atoms with Crippen molar-refractivity contribution >= 4 is 22.5 Å². The highest BCUT2D eigenvalue weighted by Gasteiger charge is 2.34. The topological polar surface area (TPSA) is 34.1 Å². The summed E-state index contributed by atoms with van der Waals surface area (Å²) in [4.78, 5) is 29.6. The average Bonchev–Trinajstić information content (AvgIpc) is 2.80. The maximum atomic E-state index is 13.2. The van der Waals surface area contributed by atoms with E-state index < -0.39 is 0 Å². The third-order valence-electron chi connectivity index (χ3n) is 5.65. The number of benzene rings is 4. The van der Waals surface area contributed by atoms with Crippen molar-refractivity contribution in [2.75, 3.05) is 0 Å². The van der Waals surface area contributed by atoms with Gasteiger partial charge in [-0.25, -0.2) is 0 Å².